The molecule has 0 aliphatic heterocycles. The number of nitrogens with zero attached hydrogens (tertiary/aromatic N) is 2. The molecule has 1 aromatic carbocycles. The molecule has 18 heavy (non-hydrogen) atoms. The van der Waals surface area contributed by atoms with Crippen molar-refractivity contribution in [2.45, 2.75) is 53.1 Å². The smallest absolute Gasteiger partial charge is 0.109 e. The summed E-state index contributed by atoms with van der Waals surface area (Å²) in [6, 6.07) is 4.62. The SMILES string of the molecule is CCc1nc2cc(C)c(C)cc2n1CC(N)CC. The highest BCUT2D eigenvalue weighted by Gasteiger charge is 2.12. The van der Waals surface area contributed by atoms with Gasteiger partial charge in [0.15, 0.2) is 0 Å². The van der Waals surface area contributed by atoms with E-state index in [1.807, 2.05) is 0 Å². The van der Waals surface area contributed by atoms with Crippen molar-refractivity contribution in [1.82, 2.24) is 9.55 Å². The fraction of sp³-hybridized carbons (Fsp3) is 0.533. The van der Waals surface area contributed by atoms with Gasteiger partial charge in [-0.3, -0.25) is 0 Å². The van der Waals surface area contributed by atoms with Crippen LogP contribution >= 0.6 is 0 Å². The summed E-state index contributed by atoms with van der Waals surface area (Å²) in [5.74, 6) is 1.14. The zero-order valence-electron chi connectivity index (χ0n) is 11.8. The number of aryl methyl sites for hydroxylation is 3. The Morgan fingerprint density at radius 2 is 1.89 bits per heavy atom. The van der Waals surface area contributed by atoms with E-state index in [4.69, 9.17) is 10.7 Å². The molecule has 0 saturated carbocycles. The normalized spacial score (nSPS) is 13.2. The quantitative estimate of drug-likeness (QED) is 0.900. The Balaban J connectivity index is 2.57. The summed E-state index contributed by atoms with van der Waals surface area (Å²) in [6.45, 7) is 9.42. The average molecular weight is 245 g/mol. The van der Waals surface area contributed by atoms with E-state index in [-0.39, 0.29) is 6.04 Å². The first-order chi connectivity index (χ1) is 8.56. The first kappa shape index (κ1) is 13.1. The maximum absolute atomic E-state index is 6.10. The van der Waals surface area contributed by atoms with Crippen LogP contribution in [0, 0.1) is 13.8 Å². The topological polar surface area (TPSA) is 43.8 Å². The van der Waals surface area contributed by atoms with Gasteiger partial charge in [0.2, 0.25) is 0 Å². The lowest BCUT2D eigenvalue weighted by molar-refractivity contribution is 0.534. The molecule has 0 amide bonds. The molecule has 98 valence electrons. The Morgan fingerprint density at radius 1 is 1.22 bits per heavy atom. The largest absolute Gasteiger partial charge is 0.326 e. The Bertz CT molecular complexity index is 554. The Kier molecular flexibility index (Phi) is 3.71. The van der Waals surface area contributed by atoms with Gasteiger partial charge >= 0.3 is 0 Å². The highest BCUT2D eigenvalue weighted by atomic mass is 15.1. The van der Waals surface area contributed by atoms with Crippen LogP contribution in [0.5, 0.6) is 0 Å². The van der Waals surface area contributed by atoms with Gasteiger partial charge in [0.25, 0.3) is 0 Å². The highest BCUT2D eigenvalue weighted by molar-refractivity contribution is 5.78. The third kappa shape index (κ3) is 2.27. The summed E-state index contributed by atoms with van der Waals surface area (Å²) >= 11 is 0. The first-order valence-electron chi connectivity index (χ1n) is 6.78. The third-order valence-corrected chi connectivity index (χ3v) is 3.70. The second kappa shape index (κ2) is 5.11. The van der Waals surface area contributed by atoms with E-state index >= 15 is 0 Å². The van der Waals surface area contributed by atoms with Gasteiger partial charge < -0.3 is 10.3 Å². The number of hydrogen-bond acceptors (Lipinski definition) is 2. The molecule has 0 aliphatic rings. The van der Waals surface area contributed by atoms with Gasteiger partial charge in [-0.05, 0) is 43.5 Å². The van der Waals surface area contributed by atoms with Crippen LogP contribution in [0.4, 0.5) is 0 Å². The lowest BCUT2D eigenvalue weighted by atomic mass is 10.1. The van der Waals surface area contributed by atoms with Crippen LogP contribution in [0.2, 0.25) is 0 Å². The lowest BCUT2D eigenvalue weighted by Gasteiger charge is -2.13. The van der Waals surface area contributed by atoms with Crippen molar-refractivity contribution in [2.24, 2.45) is 5.73 Å². The molecule has 1 aromatic heterocycles. The molecule has 0 spiro atoms. The van der Waals surface area contributed by atoms with Gasteiger partial charge in [0.05, 0.1) is 11.0 Å². The fourth-order valence-corrected chi connectivity index (χ4v) is 2.27. The monoisotopic (exact) mass is 245 g/mol. The molecule has 3 nitrogen and oxygen atoms in total. The van der Waals surface area contributed by atoms with E-state index in [9.17, 15) is 0 Å². The maximum atomic E-state index is 6.10. The zero-order valence-corrected chi connectivity index (χ0v) is 11.8. The van der Waals surface area contributed by atoms with Crippen molar-refractivity contribution in [3.8, 4) is 0 Å². The molecule has 2 N–H and O–H groups in total. The van der Waals surface area contributed by atoms with Crippen LogP contribution in [-0.2, 0) is 13.0 Å². The zero-order chi connectivity index (χ0) is 13.3. The summed E-state index contributed by atoms with van der Waals surface area (Å²) in [7, 11) is 0. The van der Waals surface area contributed by atoms with Crippen molar-refractivity contribution in [3.63, 3.8) is 0 Å². The predicted octanol–water partition coefficient (Wildman–Crippen LogP) is 2.95. The summed E-state index contributed by atoms with van der Waals surface area (Å²) in [5, 5.41) is 0. The molecular formula is C15H23N3. The van der Waals surface area contributed by atoms with Crippen LogP contribution < -0.4 is 5.73 Å². The van der Waals surface area contributed by atoms with E-state index in [1.165, 1.54) is 16.6 Å². The molecule has 0 fully saturated rings. The van der Waals surface area contributed by atoms with Crippen LogP contribution in [0.25, 0.3) is 11.0 Å². The van der Waals surface area contributed by atoms with Crippen LogP contribution in [0.15, 0.2) is 12.1 Å². The Hall–Kier alpha value is -1.35. The van der Waals surface area contributed by atoms with Gasteiger partial charge in [0, 0.05) is 19.0 Å². The van der Waals surface area contributed by atoms with Gasteiger partial charge in [-0.15, -0.1) is 0 Å². The molecular weight excluding hydrogens is 222 g/mol. The number of benzene rings is 1. The van der Waals surface area contributed by atoms with E-state index < -0.39 is 0 Å². The first-order valence-corrected chi connectivity index (χ1v) is 6.78. The average Bonchev–Trinajstić information content (AvgIpc) is 2.67. The van der Waals surface area contributed by atoms with Crippen LogP contribution in [-0.4, -0.2) is 15.6 Å². The molecule has 2 aromatic rings. The second-order valence-corrected chi connectivity index (χ2v) is 5.09. The molecule has 2 rings (SSSR count). The second-order valence-electron chi connectivity index (χ2n) is 5.09. The van der Waals surface area contributed by atoms with Crippen molar-refractivity contribution < 1.29 is 0 Å². The summed E-state index contributed by atoms with van der Waals surface area (Å²) in [4.78, 5) is 4.73. The minimum atomic E-state index is 0.203. The van der Waals surface area contributed by atoms with Crippen LogP contribution in [0.1, 0.15) is 37.2 Å². The Labute approximate surface area is 109 Å². The van der Waals surface area contributed by atoms with Crippen molar-refractivity contribution in [1.29, 1.82) is 0 Å². The third-order valence-electron chi connectivity index (χ3n) is 3.70. The number of rotatable bonds is 4. The number of fused-ring (bicyclic) bond motifs is 1. The van der Waals surface area contributed by atoms with Gasteiger partial charge in [-0.1, -0.05) is 13.8 Å². The molecule has 0 aliphatic carbocycles. The number of imidazole rings is 1. The summed E-state index contributed by atoms with van der Waals surface area (Å²) in [6.07, 6.45) is 1.94. The lowest BCUT2D eigenvalue weighted by Crippen LogP contribution is -2.26. The van der Waals surface area contributed by atoms with E-state index in [0.717, 1.165) is 30.7 Å². The molecule has 0 saturated heterocycles. The van der Waals surface area contributed by atoms with E-state index in [1.54, 1.807) is 0 Å². The minimum Gasteiger partial charge on any atom is -0.326 e. The minimum absolute atomic E-state index is 0.203. The molecule has 1 unspecified atom stereocenters. The maximum Gasteiger partial charge on any atom is 0.109 e. The summed E-state index contributed by atoms with van der Waals surface area (Å²) < 4.78 is 2.29. The summed E-state index contributed by atoms with van der Waals surface area (Å²) in [5.41, 5.74) is 11.0. The Morgan fingerprint density at radius 3 is 2.50 bits per heavy atom. The number of hydrogen-bond donors (Lipinski definition) is 1. The van der Waals surface area contributed by atoms with Gasteiger partial charge in [-0.2, -0.15) is 0 Å². The fourth-order valence-electron chi connectivity index (χ4n) is 2.27. The molecule has 1 heterocycles. The van der Waals surface area contributed by atoms with E-state index in [2.05, 4.69) is 44.4 Å². The van der Waals surface area contributed by atoms with Crippen molar-refractivity contribution in [2.75, 3.05) is 0 Å². The number of aromatic nitrogens is 2. The molecule has 3 heteroatoms. The molecule has 1 atom stereocenters. The highest BCUT2D eigenvalue weighted by Crippen LogP contribution is 2.21. The standard InChI is InChI=1S/C15H23N3/c1-5-12(16)9-18-14-8-11(4)10(3)7-13(14)17-15(18)6-2/h7-8,12H,5-6,9,16H2,1-4H3. The van der Waals surface area contributed by atoms with Gasteiger partial charge in [0.1, 0.15) is 5.82 Å². The van der Waals surface area contributed by atoms with Crippen molar-refractivity contribution >= 4 is 11.0 Å². The number of nitrogens with two attached hydrogens (primary N) is 1. The predicted molar refractivity (Wildman–Crippen MR) is 76.9 cm³/mol. The van der Waals surface area contributed by atoms with Gasteiger partial charge in [-0.25, -0.2) is 4.98 Å². The molecule has 0 radical (unpaired) electrons. The van der Waals surface area contributed by atoms with E-state index in [0.29, 0.717) is 0 Å². The van der Waals surface area contributed by atoms with Crippen LogP contribution in [0.3, 0.4) is 0 Å². The molecule has 0 bridgehead atoms. The van der Waals surface area contributed by atoms with Crippen molar-refractivity contribution in [3.05, 3.63) is 29.1 Å².